The van der Waals surface area contributed by atoms with Crippen molar-refractivity contribution < 1.29 is 33.7 Å². The highest BCUT2D eigenvalue weighted by molar-refractivity contribution is 5.83. The van der Waals surface area contributed by atoms with Gasteiger partial charge < -0.3 is 29.9 Å². The second-order valence-electron chi connectivity index (χ2n) is 12.0. The number of amides is 2. The Kier molecular flexibility index (Phi) is 10.5. The molecule has 0 saturated carbocycles. The van der Waals surface area contributed by atoms with Crippen LogP contribution in [-0.4, -0.2) is 69.7 Å². The van der Waals surface area contributed by atoms with Crippen molar-refractivity contribution in [1.82, 2.24) is 15.1 Å². The molecule has 3 rings (SSSR count). The zero-order valence-electron chi connectivity index (χ0n) is 25.4. The van der Waals surface area contributed by atoms with Gasteiger partial charge in [-0.25, -0.2) is 9.29 Å². The minimum absolute atomic E-state index is 0.0995. The lowest BCUT2D eigenvalue weighted by molar-refractivity contribution is -0.322. The van der Waals surface area contributed by atoms with E-state index in [0.29, 0.717) is 30.6 Å². The monoisotopic (exact) mass is 585 g/mol. The van der Waals surface area contributed by atoms with Gasteiger partial charge in [-0.15, -0.1) is 6.58 Å². The molecule has 42 heavy (non-hydrogen) atoms. The molecule has 0 aromatic heterocycles. The highest BCUT2D eigenvalue weighted by Crippen LogP contribution is 2.36. The van der Waals surface area contributed by atoms with Gasteiger partial charge in [-0.2, -0.15) is 0 Å². The average molecular weight is 586 g/mol. The van der Waals surface area contributed by atoms with E-state index in [1.807, 2.05) is 40.7 Å². The van der Waals surface area contributed by atoms with Gasteiger partial charge in [0.2, 0.25) is 12.3 Å². The number of aryl methyl sites for hydroxylation is 1. The summed E-state index contributed by atoms with van der Waals surface area (Å²) in [5, 5.41) is 25.0. The Labute approximate surface area is 247 Å². The first-order chi connectivity index (χ1) is 19.7. The lowest BCUT2D eigenvalue weighted by Gasteiger charge is -2.50. The van der Waals surface area contributed by atoms with E-state index in [9.17, 15) is 19.8 Å². The van der Waals surface area contributed by atoms with Gasteiger partial charge in [0, 0.05) is 31.3 Å². The van der Waals surface area contributed by atoms with E-state index < -0.39 is 29.0 Å². The number of rotatable bonds is 13. The molecule has 0 spiro atoms. The summed E-state index contributed by atoms with van der Waals surface area (Å²) in [7, 11) is 1.52. The lowest BCUT2D eigenvalue weighted by atomic mass is 9.96. The van der Waals surface area contributed by atoms with E-state index in [1.165, 1.54) is 29.0 Å². The molecule has 2 aromatic carbocycles. The normalized spacial score (nSPS) is 17.3. The fraction of sp³-hybridized carbons (Fsp3) is 0.500. The number of nitrogens with zero attached hydrogens (tertiary/aromatic N) is 2. The maximum Gasteiger partial charge on any atom is 0.256 e. The molecule has 2 amide bonds. The summed E-state index contributed by atoms with van der Waals surface area (Å²) in [5.41, 5.74) is -0.0325. The first kappa shape index (κ1) is 33.2. The molecule has 1 fully saturated rings. The van der Waals surface area contributed by atoms with Gasteiger partial charge in [0.25, 0.3) is 5.91 Å². The summed E-state index contributed by atoms with van der Waals surface area (Å²) in [6.07, 6.45) is 3.28. The molecule has 230 valence electrons. The first-order valence-corrected chi connectivity index (χ1v) is 14.1. The summed E-state index contributed by atoms with van der Waals surface area (Å²) in [6, 6.07) is 9.07. The first-order valence-electron chi connectivity index (χ1n) is 14.1. The van der Waals surface area contributed by atoms with Crippen LogP contribution in [0.25, 0.3) is 0 Å². The molecule has 0 bridgehead atoms. The van der Waals surface area contributed by atoms with Crippen LogP contribution >= 0.6 is 0 Å². The van der Waals surface area contributed by atoms with Crippen molar-refractivity contribution in [2.75, 3.05) is 20.1 Å². The Hall–Kier alpha value is -3.31. The highest BCUT2D eigenvalue weighted by atomic mass is 19.1. The number of halogens is 1. The van der Waals surface area contributed by atoms with Gasteiger partial charge in [-0.05, 0) is 65.2 Å². The van der Waals surface area contributed by atoms with Crippen LogP contribution in [0, 0.1) is 12.7 Å². The van der Waals surface area contributed by atoms with Crippen molar-refractivity contribution in [2.45, 2.75) is 83.8 Å². The van der Waals surface area contributed by atoms with Crippen LogP contribution in [0.3, 0.4) is 0 Å². The van der Waals surface area contributed by atoms with Crippen molar-refractivity contribution in [3.63, 3.8) is 0 Å². The molecule has 1 heterocycles. The Morgan fingerprint density at radius 2 is 1.86 bits per heavy atom. The van der Waals surface area contributed by atoms with Crippen molar-refractivity contribution in [3.8, 4) is 5.75 Å². The van der Waals surface area contributed by atoms with Crippen LogP contribution in [0.1, 0.15) is 62.8 Å². The third-order valence-electron chi connectivity index (χ3n) is 7.40. The zero-order valence-corrected chi connectivity index (χ0v) is 25.4. The summed E-state index contributed by atoms with van der Waals surface area (Å²) in [6.45, 7) is 13.2. The quantitative estimate of drug-likeness (QED) is 0.187. The Bertz CT molecular complexity index is 1260. The molecule has 0 aliphatic carbocycles. The van der Waals surface area contributed by atoms with E-state index in [1.54, 1.807) is 24.3 Å². The number of allylic oxidation sites excluding steroid dienone is 1. The predicted octanol–water partition coefficient (Wildman–Crippen LogP) is 3.74. The van der Waals surface area contributed by atoms with Crippen LogP contribution in [0.2, 0.25) is 0 Å². The molecule has 1 saturated heterocycles. The summed E-state index contributed by atoms with van der Waals surface area (Å²) in [4.78, 5) is 27.5. The molecular weight excluding hydrogens is 541 g/mol. The Morgan fingerprint density at radius 3 is 2.45 bits per heavy atom. The third kappa shape index (κ3) is 7.74. The van der Waals surface area contributed by atoms with Crippen LogP contribution in [0.15, 0.2) is 49.1 Å². The number of nitrogens with one attached hydrogen (secondary N) is 1. The average Bonchev–Trinajstić information content (AvgIpc) is 2.91. The molecule has 10 heteroatoms. The number of hydrogen-bond donors (Lipinski definition) is 3. The summed E-state index contributed by atoms with van der Waals surface area (Å²) >= 11 is 0. The number of aliphatic hydroxyl groups is 2. The molecule has 1 aliphatic heterocycles. The van der Waals surface area contributed by atoms with E-state index >= 15 is 4.39 Å². The molecule has 3 N–H and O–H groups in total. The van der Waals surface area contributed by atoms with Crippen LogP contribution < -0.4 is 10.1 Å². The summed E-state index contributed by atoms with van der Waals surface area (Å²) < 4.78 is 27.9. The molecule has 1 atom stereocenters. The number of carbonyl (C=O) groups excluding carboxylic acids is 2. The standard InChI is InChI=1S/C32H44FN3O6/c1-8-9-15-26(29(38)34-7)35(21-37)17-24-22(2)12-10-16-27(24)41-18-23-13-11-14-25(28(23)33)32(39,40)36-19-30(3,4)42-31(5,6)20-36/h8,10-14,16,21,26,39-40H,1,9,15,17-20H2,2-7H3,(H,34,38). The molecule has 2 aromatic rings. The zero-order chi connectivity index (χ0) is 31.3. The van der Waals surface area contributed by atoms with E-state index in [2.05, 4.69) is 11.9 Å². The maximum atomic E-state index is 15.8. The predicted molar refractivity (Wildman–Crippen MR) is 158 cm³/mol. The van der Waals surface area contributed by atoms with Crippen LogP contribution in [-0.2, 0) is 33.4 Å². The number of carbonyl (C=O) groups is 2. The van der Waals surface area contributed by atoms with Crippen molar-refractivity contribution in [3.05, 3.63) is 77.1 Å². The van der Waals surface area contributed by atoms with Gasteiger partial charge in [-0.1, -0.05) is 30.3 Å². The molecule has 0 radical (unpaired) electrons. The van der Waals surface area contributed by atoms with Crippen molar-refractivity contribution in [2.24, 2.45) is 0 Å². The Morgan fingerprint density at radius 1 is 1.21 bits per heavy atom. The number of likely N-dealkylation sites (N-methyl/N-ethyl adjacent to an activating group) is 1. The number of morpholine rings is 1. The van der Waals surface area contributed by atoms with Crippen molar-refractivity contribution in [1.29, 1.82) is 0 Å². The van der Waals surface area contributed by atoms with Crippen molar-refractivity contribution >= 4 is 12.3 Å². The number of benzene rings is 2. The molecule has 1 aliphatic rings. The third-order valence-corrected chi connectivity index (χ3v) is 7.40. The second kappa shape index (κ2) is 13.3. The smallest absolute Gasteiger partial charge is 0.256 e. The second-order valence-corrected chi connectivity index (χ2v) is 12.0. The maximum absolute atomic E-state index is 15.8. The van der Waals surface area contributed by atoms with Gasteiger partial charge in [0.1, 0.15) is 24.2 Å². The molecule has 9 nitrogen and oxygen atoms in total. The van der Waals surface area contributed by atoms with Gasteiger partial charge in [0.05, 0.1) is 23.3 Å². The highest BCUT2D eigenvalue weighted by Gasteiger charge is 2.47. The van der Waals surface area contributed by atoms with Gasteiger partial charge in [-0.3, -0.25) is 9.59 Å². The van der Waals surface area contributed by atoms with E-state index in [-0.39, 0.29) is 43.3 Å². The van der Waals surface area contributed by atoms with Gasteiger partial charge >= 0.3 is 0 Å². The number of ether oxygens (including phenoxy) is 2. The van der Waals surface area contributed by atoms with E-state index in [4.69, 9.17) is 9.47 Å². The van der Waals surface area contributed by atoms with Gasteiger partial charge in [0.15, 0.2) is 0 Å². The van der Waals surface area contributed by atoms with E-state index in [0.717, 1.165) is 5.56 Å². The molecule has 1 unspecified atom stereocenters. The summed E-state index contributed by atoms with van der Waals surface area (Å²) in [5.74, 6) is -3.25. The van der Waals surface area contributed by atoms with Crippen LogP contribution in [0.5, 0.6) is 5.75 Å². The lowest BCUT2D eigenvalue weighted by Crippen LogP contribution is -2.63. The fourth-order valence-electron chi connectivity index (χ4n) is 5.59. The minimum atomic E-state index is -2.59. The minimum Gasteiger partial charge on any atom is -0.488 e. The number of hydrogen-bond acceptors (Lipinski definition) is 7. The molecular formula is C32H44FN3O6. The Balaban J connectivity index is 1.87. The SMILES string of the molecule is C=CCCC(C(=O)NC)N(C=O)Cc1c(C)cccc1OCc1cccc(C(O)(O)N2CC(C)(C)OC(C)(C)C2)c1F. The largest absolute Gasteiger partial charge is 0.488 e. The van der Waals surface area contributed by atoms with Crippen LogP contribution in [0.4, 0.5) is 4.39 Å². The fourth-order valence-corrected chi connectivity index (χ4v) is 5.59. The topological polar surface area (TPSA) is 112 Å².